The van der Waals surface area contributed by atoms with Gasteiger partial charge in [-0.15, -0.1) is 0 Å². The summed E-state index contributed by atoms with van der Waals surface area (Å²) < 4.78 is 5.90. The van der Waals surface area contributed by atoms with Gasteiger partial charge in [0.1, 0.15) is 6.10 Å². The van der Waals surface area contributed by atoms with Crippen LogP contribution in [0, 0.1) is 5.92 Å². The zero-order valence-corrected chi connectivity index (χ0v) is 14.8. The van der Waals surface area contributed by atoms with Gasteiger partial charge in [0.15, 0.2) is 0 Å². The van der Waals surface area contributed by atoms with Crippen LogP contribution in [0.15, 0.2) is 48.8 Å². The number of amides is 1. The summed E-state index contributed by atoms with van der Waals surface area (Å²) in [4.78, 5) is 25.9. The number of rotatable bonds is 3. The monoisotopic (exact) mass is 352 g/mol. The van der Waals surface area contributed by atoms with E-state index in [9.17, 15) is 4.79 Å². The fraction of sp³-hybridized carbons (Fsp3) is 0.450. The molecule has 0 bridgehead atoms. The van der Waals surface area contributed by atoms with Gasteiger partial charge in [-0.2, -0.15) is 0 Å². The van der Waals surface area contributed by atoms with Crippen molar-refractivity contribution in [1.29, 1.82) is 0 Å². The van der Waals surface area contributed by atoms with E-state index in [1.807, 2.05) is 29.2 Å². The lowest BCUT2D eigenvalue weighted by molar-refractivity contribution is -0.143. The third kappa shape index (κ3) is 3.70. The highest BCUT2D eigenvalue weighted by Gasteiger charge is 2.33. The zero-order chi connectivity index (χ0) is 17.8. The number of nitrogens with zero attached hydrogens (tertiary/aromatic N) is 4. The van der Waals surface area contributed by atoms with Crippen molar-refractivity contribution in [3.63, 3.8) is 0 Å². The molecule has 0 spiro atoms. The summed E-state index contributed by atoms with van der Waals surface area (Å²) in [6, 6.07) is 12.0. The molecule has 2 aliphatic rings. The summed E-state index contributed by atoms with van der Waals surface area (Å²) in [5.41, 5.74) is 1.13. The van der Waals surface area contributed by atoms with Crippen LogP contribution < -0.4 is 4.90 Å². The highest BCUT2D eigenvalue weighted by atomic mass is 16.5. The molecular formula is C20H24N4O2. The van der Waals surface area contributed by atoms with E-state index in [4.69, 9.17) is 4.74 Å². The maximum Gasteiger partial charge on any atom is 0.227 e. The number of carbonyl (C=O) groups excluding carboxylic acids is 1. The molecule has 0 N–H and O–H groups in total. The van der Waals surface area contributed by atoms with Crippen LogP contribution in [0.3, 0.4) is 0 Å². The first kappa shape index (κ1) is 17.0. The summed E-state index contributed by atoms with van der Waals surface area (Å²) in [7, 11) is 0. The van der Waals surface area contributed by atoms with Gasteiger partial charge in [-0.1, -0.05) is 30.3 Å². The van der Waals surface area contributed by atoms with Crippen LogP contribution in [0.25, 0.3) is 0 Å². The minimum atomic E-state index is -0.0361. The third-order valence-electron chi connectivity index (χ3n) is 5.16. The molecule has 1 amide bonds. The van der Waals surface area contributed by atoms with Crippen molar-refractivity contribution in [2.45, 2.75) is 18.9 Å². The molecule has 2 aliphatic heterocycles. The highest BCUT2D eigenvalue weighted by molar-refractivity contribution is 5.80. The molecule has 0 aliphatic carbocycles. The molecule has 6 nitrogen and oxygen atoms in total. The minimum absolute atomic E-state index is 0.00193. The Labute approximate surface area is 153 Å². The summed E-state index contributed by atoms with van der Waals surface area (Å²) in [6.07, 6.45) is 5.38. The summed E-state index contributed by atoms with van der Waals surface area (Å²) in [6.45, 7) is 3.48. The number of hydrogen-bond donors (Lipinski definition) is 0. The molecule has 0 radical (unpaired) electrons. The summed E-state index contributed by atoms with van der Waals surface area (Å²) in [5.74, 6) is 0.950. The predicted octanol–water partition coefficient (Wildman–Crippen LogP) is 2.29. The molecule has 26 heavy (non-hydrogen) atoms. The van der Waals surface area contributed by atoms with E-state index in [1.54, 1.807) is 12.4 Å². The molecule has 1 aromatic heterocycles. The average Bonchev–Trinajstić information content (AvgIpc) is 2.75. The van der Waals surface area contributed by atoms with Crippen molar-refractivity contribution in [3.05, 3.63) is 54.4 Å². The largest absolute Gasteiger partial charge is 0.370 e. The van der Waals surface area contributed by atoms with Gasteiger partial charge in [0.2, 0.25) is 11.9 Å². The lowest BCUT2D eigenvalue weighted by atomic mass is 9.96. The van der Waals surface area contributed by atoms with Crippen LogP contribution in [-0.4, -0.2) is 53.6 Å². The topological polar surface area (TPSA) is 58.6 Å². The number of anilines is 1. The van der Waals surface area contributed by atoms with Crippen molar-refractivity contribution in [2.24, 2.45) is 5.92 Å². The second-order valence-corrected chi connectivity index (χ2v) is 6.89. The van der Waals surface area contributed by atoms with Crippen LogP contribution in [0.5, 0.6) is 0 Å². The Hall–Kier alpha value is -2.47. The van der Waals surface area contributed by atoms with Gasteiger partial charge in [-0.05, 0) is 24.5 Å². The predicted molar refractivity (Wildman–Crippen MR) is 98.7 cm³/mol. The molecule has 136 valence electrons. The van der Waals surface area contributed by atoms with E-state index in [2.05, 4.69) is 27.0 Å². The van der Waals surface area contributed by atoms with Gasteiger partial charge >= 0.3 is 0 Å². The van der Waals surface area contributed by atoms with E-state index in [0.717, 1.165) is 24.9 Å². The fourth-order valence-electron chi connectivity index (χ4n) is 3.79. The first-order valence-electron chi connectivity index (χ1n) is 9.28. The number of aromatic nitrogens is 2. The quantitative estimate of drug-likeness (QED) is 0.848. The Bertz CT molecular complexity index is 664. The number of morpholine rings is 1. The molecule has 4 rings (SSSR count). The molecule has 2 saturated heterocycles. The molecule has 2 fully saturated rings. The SMILES string of the molecule is O=C([C@H]1CCCN(c2ncccn2)C1)N1CCO[C@@H](c2ccccc2)C1. The average molecular weight is 352 g/mol. The molecule has 0 unspecified atom stereocenters. The Morgan fingerprint density at radius 2 is 1.85 bits per heavy atom. The van der Waals surface area contributed by atoms with Gasteiger partial charge in [0.05, 0.1) is 19.1 Å². The van der Waals surface area contributed by atoms with E-state index in [1.165, 1.54) is 0 Å². The third-order valence-corrected chi connectivity index (χ3v) is 5.16. The second kappa shape index (κ2) is 7.83. The maximum atomic E-state index is 13.1. The minimum Gasteiger partial charge on any atom is -0.370 e. The molecule has 3 heterocycles. The number of hydrogen-bond acceptors (Lipinski definition) is 5. The number of carbonyl (C=O) groups is 1. The van der Waals surface area contributed by atoms with Crippen molar-refractivity contribution >= 4 is 11.9 Å². The molecule has 1 aromatic carbocycles. The summed E-state index contributed by atoms with van der Waals surface area (Å²) in [5, 5.41) is 0. The fourth-order valence-corrected chi connectivity index (χ4v) is 3.79. The summed E-state index contributed by atoms with van der Waals surface area (Å²) >= 11 is 0. The lowest BCUT2D eigenvalue weighted by Gasteiger charge is -2.38. The van der Waals surface area contributed by atoms with Crippen LogP contribution >= 0.6 is 0 Å². The first-order valence-corrected chi connectivity index (χ1v) is 9.28. The van der Waals surface area contributed by atoms with Gasteiger partial charge in [0.25, 0.3) is 0 Å². The lowest BCUT2D eigenvalue weighted by Crippen LogP contribution is -2.49. The molecule has 2 aromatic rings. The maximum absolute atomic E-state index is 13.1. The zero-order valence-electron chi connectivity index (χ0n) is 14.8. The van der Waals surface area contributed by atoms with Crippen molar-refractivity contribution < 1.29 is 9.53 Å². The van der Waals surface area contributed by atoms with Crippen LogP contribution in [0.4, 0.5) is 5.95 Å². The van der Waals surface area contributed by atoms with Crippen LogP contribution in [0.1, 0.15) is 24.5 Å². The molecule has 2 atom stereocenters. The Morgan fingerprint density at radius 3 is 2.65 bits per heavy atom. The Balaban J connectivity index is 1.42. The Kier molecular flexibility index (Phi) is 5.11. The van der Waals surface area contributed by atoms with Crippen LogP contribution in [-0.2, 0) is 9.53 Å². The van der Waals surface area contributed by atoms with Gasteiger partial charge in [0, 0.05) is 32.0 Å². The van der Waals surface area contributed by atoms with Gasteiger partial charge in [-0.25, -0.2) is 9.97 Å². The number of benzene rings is 1. The normalized spacial score (nSPS) is 23.7. The molecule has 0 saturated carbocycles. The van der Waals surface area contributed by atoms with Gasteiger partial charge in [-0.3, -0.25) is 4.79 Å². The van der Waals surface area contributed by atoms with Gasteiger partial charge < -0.3 is 14.5 Å². The Morgan fingerprint density at radius 1 is 1.04 bits per heavy atom. The van der Waals surface area contributed by atoms with E-state index < -0.39 is 0 Å². The second-order valence-electron chi connectivity index (χ2n) is 6.89. The van der Waals surface area contributed by atoms with Crippen molar-refractivity contribution in [2.75, 3.05) is 37.7 Å². The van der Waals surface area contributed by atoms with E-state index in [0.29, 0.717) is 32.2 Å². The van der Waals surface area contributed by atoms with E-state index in [-0.39, 0.29) is 17.9 Å². The van der Waals surface area contributed by atoms with Crippen molar-refractivity contribution in [1.82, 2.24) is 14.9 Å². The standard InChI is InChI=1S/C20H24N4O2/c25-19(17-8-4-11-24(14-17)20-21-9-5-10-22-20)23-12-13-26-18(15-23)16-6-2-1-3-7-16/h1-3,5-7,9-10,17-18H,4,8,11-15H2/t17-,18+/m0/s1. The van der Waals surface area contributed by atoms with Crippen LogP contribution in [0.2, 0.25) is 0 Å². The van der Waals surface area contributed by atoms with Crippen molar-refractivity contribution in [3.8, 4) is 0 Å². The molecule has 6 heteroatoms. The molecular weight excluding hydrogens is 328 g/mol. The number of ether oxygens (including phenoxy) is 1. The number of piperidine rings is 1. The first-order chi connectivity index (χ1) is 12.8. The van der Waals surface area contributed by atoms with E-state index >= 15 is 0 Å². The highest BCUT2D eigenvalue weighted by Crippen LogP contribution is 2.26. The smallest absolute Gasteiger partial charge is 0.227 e.